The molecular formula is C11H15N3O2S. The molecule has 0 aromatic carbocycles. The number of carbonyl (C=O) groups excluding carboxylic acids is 2. The van der Waals surface area contributed by atoms with Crippen LogP contribution in [0.1, 0.15) is 18.4 Å². The number of nitrogens with one attached hydrogen (secondary N) is 1. The molecule has 1 aromatic rings. The summed E-state index contributed by atoms with van der Waals surface area (Å²) in [5, 5.41) is 5.62. The van der Waals surface area contributed by atoms with E-state index in [9.17, 15) is 9.59 Å². The fraction of sp³-hybridized carbons (Fsp3) is 0.545. The lowest BCUT2D eigenvalue weighted by atomic mass is 10.3. The maximum atomic E-state index is 11.9. The van der Waals surface area contributed by atoms with Crippen LogP contribution in [-0.2, 0) is 16.0 Å². The van der Waals surface area contributed by atoms with E-state index >= 15 is 0 Å². The van der Waals surface area contributed by atoms with Crippen molar-refractivity contribution < 1.29 is 9.59 Å². The van der Waals surface area contributed by atoms with Crippen LogP contribution >= 0.6 is 11.3 Å². The van der Waals surface area contributed by atoms with E-state index in [2.05, 4.69) is 10.3 Å². The Morgan fingerprint density at radius 1 is 1.59 bits per heavy atom. The molecule has 1 aliphatic heterocycles. The summed E-state index contributed by atoms with van der Waals surface area (Å²) in [5.74, 6) is -0.0602. The van der Waals surface area contributed by atoms with Crippen molar-refractivity contribution in [3.05, 3.63) is 16.6 Å². The van der Waals surface area contributed by atoms with Gasteiger partial charge in [-0.3, -0.25) is 9.59 Å². The Kier molecular flexibility index (Phi) is 3.73. The molecule has 5 nitrogen and oxygen atoms in total. The summed E-state index contributed by atoms with van der Waals surface area (Å²) in [6, 6.07) is -0.415. The minimum absolute atomic E-state index is 0.00703. The predicted molar refractivity (Wildman–Crippen MR) is 64.6 cm³/mol. The number of thiazole rings is 1. The quantitative estimate of drug-likeness (QED) is 0.849. The Labute approximate surface area is 104 Å². The van der Waals surface area contributed by atoms with Gasteiger partial charge in [0.15, 0.2) is 0 Å². The Balaban J connectivity index is 1.94. The van der Waals surface area contributed by atoms with Gasteiger partial charge >= 0.3 is 0 Å². The van der Waals surface area contributed by atoms with Gasteiger partial charge in [-0.15, -0.1) is 11.3 Å². The number of hydrogen-bond acceptors (Lipinski definition) is 4. The fourth-order valence-corrected chi connectivity index (χ4v) is 2.43. The minimum atomic E-state index is -0.415. The van der Waals surface area contributed by atoms with E-state index in [0.29, 0.717) is 19.5 Å². The summed E-state index contributed by atoms with van der Waals surface area (Å²) in [6.45, 7) is 2.86. The van der Waals surface area contributed by atoms with Crippen LogP contribution in [0.15, 0.2) is 11.6 Å². The molecule has 2 heterocycles. The molecule has 0 radical (unpaired) electrons. The fourth-order valence-electron chi connectivity index (χ4n) is 1.82. The van der Waals surface area contributed by atoms with Crippen LogP contribution in [0.25, 0.3) is 0 Å². The first-order valence-electron chi connectivity index (χ1n) is 5.63. The van der Waals surface area contributed by atoms with Gasteiger partial charge in [-0.1, -0.05) is 0 Å². The number of amides is 2. The number of rotatable bonds is 3. The third kappa shape index (κ3) is 3.03. The third-order valence-corrected chi connectivity index (χ3v) is 3.59. The van der Waals surface area contributed by atoms with E-state index < -0.39 is 6.04 Å². The number of hydrogen-bond donors (Lipinski definition) is 1. The van der Waals surface area contributed by atoms with E-state index in [1.165, 1.54) is 0 Å². The van der Waals surface area contributed by atoms with Crippen LogP contribution in [0.5, 0.6) is 0 Å². The number of aromatic nitrogens is 1. The van der Waals surface area contributed by atoms with E-state index in [1.54, 1.807) is 29.4 Å². The van der Waals surface area contributed by atoms with Crippen molar-refractivity contribution in [2.75, 3.05) is 13.1 Å². The molecule has 0 aliphatic carbocycles. The van der Waals surface area contributed by atoms with Crippen molar-refractivity contribution in [1.82, 2.24) is 15.2 Å². The SMILES string of the molecule is CC1NC(=O)CCN(CCc2nccs2)C1=O. The van der Waals surface area contributed by atoms with Crippen LogP contribution in [0.4, 0.5) is 0 Å². The predicted octanol–water partition coefficient (Wildman–Crippen LogP) is 0.423. The minimum Gasteiger partial charge on any atom is -0.345 e. The Morgan fingerprint density at radius 3 is 3.12 bits per heavy atom. The van der Waals surface area contributed by atoms with Gasteiger partial charge in [0, 0.05) is 37.5 Å². The summed E-state index contributed by atoms with van der Waals surface area (Å²) in [5.41, 5.74) is 0. The van der Waals surface area contributed by atoms with Gasteiger partial charge in [-0.25, -0.2) is 4.98 Å². The standard InChI is InChI=1S/C11H15N3O2S/c1-8-11(16)14(5-2-9(15)13-8)6-3-10-12-4-7-17-10/h4,7-8H,2-3,5-6H2,1H3,(H,13,15). The molecule has 0 saturated carbocycles. The molecule has 2 rings (SSSR count). The monoisotopic (exact) mass is 253 g/mol. The Hall–Kier alpha value is -1.43. The van der Waals surface area contributed by atoms with Crippen LogP contribution in [0.3, 0.4) is 0 Å². The van der Waals surface area contributed by atoms with E-state index in [1.807, 2.05) is 5.38 Å². The normalized spacial score (nSPS) is 21.2. The molecule has 1 aromatic heterocycles. The van der Waals surface area contributed by atoms with E-state index in [4.69, 9.17) is 0 Å². The summed E-state index contributed by atoms with van der Waals surface area (Å²) in [6.07, 6.45) is 2.90. The average molecular weight is 253 g/mol. The molecule has 2 amide bonds. The van der Waals surface area contributed by atoms with Gasteiger partial charge in [0.05, 0.1) is 5.01 Å². The first-order chi connectivity index (χ1) is 8.16. The number of nitrogens with zero attached hydrogens (tertiary/aromatic N) is 2. The smallest absolute Gasteiger partial charge is 0.244 e. The van der Waals surface area contributed by atoms with Gasteiger partial charge in [-0.2, -0.15) is 0 Å². The van der Waals surface area contributed by atoms with Crippen molar-refractivity contribution in [3.63, 3.8) is 0 Å². The van der Waals surface area contributed by atoms with Crippen molar-refractivity contribution in [3.8, 4) is 0 Å². The zero-order chi connectivity index (χ0) is 12.3. The molecule has 1 unspecified atom stereocenters. The zero-order valence-electron chi connectivity index (χ0n) is 9.68. The molecule has 1 saturated heterocycles. The van der Waals surface area contributed by atoms with Crippen LogP contribution < -0.4 is 5.32 Å². The zero-order valence-corrected chi connectivity index (χ0v) is 10.5. The van der Waals surface area contributed by atoms with Crippen LogP contribution in [0.2, 0.25) is 0 Å². The summed E-state index contributed by atoms with van der Waals surface area (Å²) in [7, 11) is 0. The second kappa shape index (κ2) is 5.27. The lowest BCUT2D eigenvalue weighted by molar-refractivity contribution is -0.133. The van der Waals surface area contributed by atoms with Gasteiger partial charge < -0.3 is 10.2 Å². The molecular weight excluding hydrogens is 238 g/mol. The highest BCUT2D eigenvalue weighted by atomic mass is 32.1. The molecule has 6 heteroatoms. The van der Waals surface area contributed by atoms with Gasteiger partial charge in [0.1, 0.15) is 6.04 Å². The van der Waals surface area contributed by atoms with Crippen molar-refractivity contribution in [1.29, 1.82) is 0 Å². The first-order valence-corrected chi connectivity index (χ1v) is 6.51. The average Bonchev–Trinajstić information content (AvgIpc) is 2.77. The molecule has 1 fully saturated rings. The Morgan fingerprint density at radius 2 is 2.41 bits per heavy atom. The largest absolute Gasteiger partial charge is 0.345 e. The lowest BCUT2D eigenvalue weighted by Crippen LogP contribution is -2.43. The highest BCUT2D eigenvalue weighted by Crippen LogP contribution is 2.08. The van der Waals surface area contributed by atoms with Crippen LogP contribution in [-0.4, -0.2) is 40.8 Å². The van der Waals surface area contributed by atoms with Crippen molar-refractivity contribution in [2.45, 2.75) is 25.8 Å². The summed E-state index contributed by atoms with van der Waals surface area (Å²) >= 11 is 1.59. The first kappa shape index (κ1) is 12.0. The molecule has 17 heavy (non-hydrogen) atoms. The van der Waals surface area contributed by atoms with Gasteiger partial charge in [0.25, 0.3) is 0 Å². The van der Waals surface area contributed by atoms with Gasteiger partial charge in [-0.05, 0) is 6.92 Å². The molecule has 1 atom stereocenters. The van der Waals surface area contributed by atoms with Crippen LogP contribution in [0, 0.1) is 0 Å². The third-order valence-electron chi connectivity index (χ3n) is 2.75. The highest BCUT2D eigenvalue weighted by Gasteiger charge is 2.26. The maximum Gasteiger partial charge on any atom is 0.244 e. The van der Waals surface area contributed by atoms with E-state index in [-0.39, 0.29) is 11.8 Å². The second-order valence-corrected chi connectivity index (χ2v) is 5.02. The molecule has 0 bridgehead atoms. The van der Waals surface area contributed by atoms with Crippen molar-refractivity contribution >= 4 is 23.2 Å². The lowest BCUT2D eigenvalue weighted by Gasteiger charge is -2.21. The number of carbonyl (C=O) groups is 2. The molecule has 0 spiro atoms. The molecule has 92 valence electrons. The Bertz CT molecular complexity index is 405. The van der Waals surface area contributed by atoms with Gasteiger partial charge in [0.2, 0.25) is 11.8 Å². The molecule has 1 N–H and O–H groups in total. The second-order valence-electron chi connectivity index (χ2n) is 4.04. The van der Waals surface area contributed by atoms with Crippen molar-refractivity contribution in [2.24, 2.45) is 0 Å². The summed E-state index contributed by atoms with van der Waals surface area (Å²) in [4.78, 5) is 29.2. The van der Waals surface area contributed by atoms with E-state index in [0.717, 1.165) is 11.4 Å². The summed E-state index contributed by atoms with van der Waals surface area (Å²) < 4.78 is 0. The topological polar surface area (TPSA) is 62.3 Å². The molecule has 1 aliphatic rings. The maximum absolute atomic E-state index is 11.9. The highest BCUT2D eigenvalue weighted by molar-refractivity contribution is 7.09.